The number of carbonyl (C=O) groups is 2. The standard InChI is InChI=1S/C25H26N2O8/c1-14(2)21(26-24(30)35-25(3,4)5)23(29)34-17-10-11-18-20(12-17)33-13-19(22(18)28)15-6-8-16(9-7-15)27(31)32/h6-14,21H,1-5H3,(H,26,30)/t21-/m1/s1. The minimum Gasteiger partial charge on any atom is -0.463 e. The van der Waals surface area contributed by atoms with E-state index in [1.807, 2.05) is 0 Å². The first-order chi connectivity index (χ1) is 16.4. The smallest absolute Gasteiger partial charge is 0.408 e. The quantitative estimate of drug-likeness (QED) is 0.228. The number of alkyl carbamates (subject to hydrolysis) is 1. The summed E-state index contributed by atoms with van der Waals surface area (Å²) in [7, 11) is 0. The minimum atomic E-state index is -0.961. The number of hydrogen-bond donors (Lipinski definition) is 1. The molecule has 1 heterocycles. The Kier molecular flexibility index (Phi) is 7.23. The van der Waals surface area contributed by atoms with Gasteiger partial charge in [0.15, 0.2) is 5.43 Å². The molecule has 0 unspecified atom stereocenters. The lowest BCUT2D eigenvalue weighted by Gasteiger charge is -2.24. The molecule has 1 N–H and O–H groups in total. The first-order valence-corrected chi connectivity index (χ1v) is 10.9. The van der Waals surface area contributed by atoms with E-state index < -0.39 is 28.6 Å². The predicted molar refractivity (Wildman–Crippen MR) is 128 cm³/mol. The fourth-order valence-electron chi connectivity index (χ4n) is 3.25. The summed E-state index contributed by atoms with van der Waals surface area (Å²) < 4.78 is 16.2. The molecule has 10 nitrogen and oxygen atoms in total. The second-order valence-electron chi connectivity index (χ2n) is 9.23. The monoisotopic (exact) mass is 482 g/mol. The fraction of sp³-hybridized carbons (Fsp3) is 0.320. The summed E-state index contributed by atoms with van der Waals surface area (Å²) in [6.45, 7) is 8.65. The molecule has 10 heteroatoms. The fourth-order valence-corrected chi connectivity index (χ4v) is 3.25. The number of esters is 1. The van der Waals surface area contributed by atoms with Crippen LogP contribution in [0.4, 0.5) is 10.5 Å². The van der Waals surface area contributed by atoms with Crippen molar-refractivity contribution in [2.75, 3.05) is 0 Å². The van der Waals surface area contributed by atoms with Gasteiger partial charge in [0.25, 0.3) is 5.69 Å². The highest BCUT2D eigenvalue weighted by Gasteiger charge is 2.28. The van der Waals surface area contributed by atoms with Gasteiger partial charge in [-0.25, -0.2) is 9.59 Å². The van der Waals surface area contributed by atoms with Crippen molar-refractivity contribution in [3.8, 4) is 16.9 Å². The van der Waals surface area contributed by atoms with E-state index in [2.05, 4.69) is 5.32 Å². The largest absolute Gasteiger partial charge is 0.463 e. The highest BCUT2D eigenvalue weighted by molar-refractivity contribution is 5.86. The van der Waals surface area contributed by atoms with E-state index in [9.17, 15) is 24.5 Å². The Bertz CT molecular complexity index is 1320. The normalized spacial score (nSPS) is 12.3. The molecular weight excluding hydrogens is 456 g/mol. The van der Waals surface area contributed by atoms with E-state index in [1.54, 1.807) is 34.6 Å². The molecular formula is C25H26N2O8. The van der Waals surface area contributed by atoms with Gasteiger partial charge in [-0.05, 0) is 56.5 Å². The van der Waals surface area contributed by atoms with E-state index in [-0.39, 0.29) is 39.3 Å². The number of fused-ring (bicyclic) bond motifs is 1. The van der Waals surface area contributed by atoms with Crippen molar-refractivity contribution < 1.29 is 28.4 Å². The van der Waals surface area contributed by atoms with Crippen LogP contribution in [0.15, 0.2) is 57.9 Å². The summed E-state index contributed by atoms with van der Waals surface area (Å²) in [4.78, 5) is 48.1. The third-order valence-corrected chi connectivity index (χ3v) is 4.95. The zero-order chi connectivity index (χ0) is 25.9. The van der Waals surface area contributed by atoms with Crippen molar-refractivity contribution in [3.63, 3.8) is 0 Å². The molecule has 0 saturated carbocycles. The molecule has 3 rings (SSSR count). The van der Waals surface area contributed by atoms with Crippen LogP contribution in [0.5, 0.6) is 5.75 Å². The summed E-state index contributed by atoms with van der Waals surface area (Å²) >= 11 is 0. The lowest BCUT2D eigenvalue weighted by molar-refractivity contribution is -0.384. The lowest BCUT2D eigenvalue weighted by Crippen LogP contribution is -2.48. The third-order valence-electron chi connectivity index (χ3n) is 4.95. The Balaban J connectivity index is 1.82. The van der Waals surface area contributed by atoms with Crippen molar-refractivity contribution in [2.45, 2.75) is 46.3 Å². The van der Waals surface area contributed by atoms with Crippen molar-refractivity contribution in [1.82, 2.24) is 5.32 Å². The maximum absolute atomic E-state index is 13.0. The zero-order valence-corrected chi connectivity index (χ0v) is 20.0. The Labute approximate surface area is 201 Å². The Morgan fingerprint density at radius 1 is 1.09 bits per heavy atom. The van der Waals surface area contributed by atoms with Crippen LogP contribution in [-0.2, 0) is 9.53 Å². The van der Waals surface area contributed by atoms with Crippen LogP contribution in [0.3, 0.4) is 0 Å². The van der Waals surface area contributed by atoms with Crippen LogP contribution in [0.2, 0.25) is 0 Å². The molecule has 1 amide bonds. The predicted octanol–water partition coefficient (Wildman–Crippen LogP) is 4.82. The van der Waals surface area contributed by atoms with Gasteiger partial charge in [-0.2, -0.15) is 0 Å². The molecule has 2 aromatic carbocycles. The molecule has 0 aliphatic heterocycles. The van der Waals surface area contributed by atoms with E-state index in [1.165, 1.54) is 48.7 Å². The molecule has 3 aromatic rings. The average Bonchev–Trinajstić information content (AvgIpc) is 2.76. The lowest BCUT2D eigenvalue weighted by atomic mass is 10.0. The zero-order valence-electron chi connectivity index (χ0n) is 20.0. The highest BCUT2D eigenvalue weighted by Crippen LogP contribution is 2.25. The molecule has 1 aromatic heterocycles. The summed E-state index contributed by atoms with van der Waals surface area (Å²) in [5, 5.41) is 13.6. The Morgan fingerprint density at radius 3 is 2.31 bits per heavy atom. The SMILES string of the molecule is CC(C)[C@@H](NC(=O)OC(C)(C)C)C(=O)Oc1ccc2c(=O)c(-c3ccc([N+](=O)[O-])cc3)coc2c1. The van der Waals surface area contributed by atoms with Crippen LogP contribution >= 0.6 is 0 Å². The number of amides is 1. The van der Waals surface area contributed by atoms with Gasteiger partial charge in [0.1, 0.15) is 29.2 Å². The average molecular weight is 482 g/mol. The summed E-state index contributed by atoms with van der Waals surface area (Å²) in [5.74, 6) is -0.849. The topological polar surface area (TPSA) is 138 Å². The number of nitrogens with zero attached hydrogens (tertiary/aromatic N) is 1. The first kappa shape index (κ1) is 25.4. The molecule has 0 saturated heterocycles. The van der Waals surface area contributed by atoms with E-state index >= 15 is 0 Å². The number of benzene rings is 2. The molecule has 0 aliphatic rings. The van der Waals surface area contributed by atoms with Gasteiger partial charge in [0.2, 0.25) is 0 Å². The number of carbonyl (C=O) groups excluding carboxylic acids is 2. The highest BCUT2D eigenvalue weighted by atomic mass is 16.6. The maximum atomic E-state index is 13.0. The van der Waals surface area contributed by atoms with Crippen LogP contribution in [-0.4, -0.2) is 28.6 Å². The third kappa shape index (κ3) is 6.23. The summed E-state index contributed by atoms with van der Waals surface area (Å²) in [6.07, 6.45) is 0.509. The first-order valence-electron chi connectivity index (χ1n) is 10.9. The van der Waals surface area contributed by atoms with Crippen LogP contribution < -0.4 is 15.5 Å². The van der Waals surface area contributed by atoms with E-state index in [0.29, 0.717) is 5.56 Å². The number of rotatable bonds is 6. The number of nitro benzene ring substituents is 1. The van der Waals surface area contributed by atoms with Gasteiger partial charge in [0.05, 0.1) is 15.9 Å². The van der Waals surface area contributed by atoms with Crippen LogP contribution in [0, 0.1) is 16.0 Å². The Morgan fingerprint density at radius 2 is 1.74 bits per heavy atom. The number of nitro groups is 1. The van der Waals surface area contributed by atoms with Crippen molar-refractivity contribution in [3.05, 3.63) is 69.1 Å². The number of hydrogen-bond acceptors (Lipinski definition) is 8. The van der Waals surface area contributed by atoms with Gasteiger partial charge in [-0.3, -0.25) is 14.9 Å². The number of non-ortho nitro benzene ring substituents is 1. The molecule has 184 valence electrons. The van der Waals surface area contributed by atoms with Crippen molar-refractivity contribution >= 4 is 28.7 Å². The molecule has 0 fully saturated rings. The summed E-state index contributed by atoms with van der Waals surface area (Å²) in [5.41, 5.74) is -0.269. The number of ether oxygens (including phenoxy) is 2. The molecule has 0 aliphatic carbocycles. The van der Waals surface area contributed by atoms with Crippen LogP contribution in [0.25, 0.3) is 22.1 Å². The van der Waals surface area contributed by atoms with Gasteiger partial charge < -0.3 is 19.2 Å². The Hall–Kier alpha value is -4.21. The molecule has 0 bridgehead atoms. The van der Waals surface area contributed by atoms with Crippen molar-refractivity contribution in [1.29, 1.82) is 0 Å². The molecule has 0 radical (unpaired) electrons. The van der Waals surface area contributed by atoms with E-state index in [0.717, 1.165) is 0 Å². The van der Waals surface area contributed by atoms with Gasteiger partial charge >= 0.3 is 12.1 Å². The maximum Gasteiger partial charge on any atom is 0.408 e. The molecule has 35 heavy (non-hydrogen) atoms. The van der Waals surface area contributed by atoms with Gasteiger partial charge in [-0.1, -0.05) is 13.8 Å². The minimum absolute atomic E-state index is 0.0914. The van der Waals surface area contributed by atoms with Crippen molar-refractivity contribution in [2.24, 2.45) is 5.92 Å². The number of nitrogens with one attached hydrogen (secondary N) is 1. The van der Waals surface area contributed by atoms with Crippen LogP contribution in [0.1, 0.15) is 34.6 Å². The molecule has 1 atom stereocenters. The van der Waals surface area contributed by atoms with E-state index in [4.69, 9.17) is 13.9 Å². The van der Waals surface area contributed by atoms with Gasteiger partial charge in [0, 0.05) is 18.2 Å². The second-order valence-corrected chi connectivity index (χ2v) is 9.23. The molecule has 0 spiro atoms. The van der Waals surface area contributed by atoms with Gasteiger partial charge in [-0.15, -0.1) is 0 Å². The second kappa shape index (κ2) is 9.96. The summed E-state index contributed by atoms with van der Waals surface area (Å²) in [6, 6.07) is 8.89.